The van der Waals surface area contributed by atoms with Crippen LogP contribution in [-0.4, -0.2) is 37.5 Å². The Balaban J connectivity index is 1.67. The van der Waals surface area contributed by atoms with E-state index in [0.29, 0.717) is 11.5 Å². The van der Waals surface area contributed by atoms with E-state index in [0.717, 1.165) is 24.4 Å². The number of hydrogen-bond donors (Lipinski definition) is 0. The number of piperidine rings is 1. The molecular formula is C21H28N2OS. The number of methoxy groups -OCH3 is 1. The van der Waals surface area contributed by atoms with E-state index in [-0.39, 0.29) is 0 Å². The average Bonchev–Trinajstić information content (AvgIpc) is 3.03. The molecular weight excluding hydrogens is 328 g/mol. The zero-order chi connectivity index (χ0) is 17.4. The van der Waals surface area contributed by atoms with Crippen molar-refractivity contribution in [2.75, 3.05) is 31.4 Å². The minimum atomic E-state index is 0.334. The van der Waals surface area contributed by atoms with Crippen molar-refractivity contribution in [1.82, 2.24) is 4.98 Å². The van der Waals surface area contributed by atoms with Gasteiger partial charge in [-0.15, -0.1) is 11.8 Å². The van der Waals surface area contributed by atoms with Crippen LogP contribution in [0.4, 0.5) is 5.82 Å². The average molecular weight is 357 g/mol. The van der Waals surface area contributed by atoms with E-state index in [1.807, 2.05) is 7.11 Å². The van der Waals surface area contributed by atoms with Gasteiger partial charge in [-0.1, -0.05) is 6.42 Å². The van der Waals surface area contributed by atoms with E-state index in [1.165, 1.54) is 47.9 Å². The summed E-state index contributed by atoms with van der Waals surface area (Å²) in [6, 6.07) is 8.90. The summed E-state index contributed by atoms with van der Waals surface area (Å²) in [7, 11) is 1.89. The zero-order valence-corrected chi connectivity index (χ0v) is 16.4. The molecule has 4 rings (SSSR count). The molecule has 1 aromatic carbocycles. The molecule has 2 aliphatic rings. The van der Waals surface area contributed by atoms with Gasteiger partial charge in [0.25, 0.3) is 0 Å². The fraction of sp³-hybridized carbons (Fsp3) is 0.571. The molecule has 2 atom stereocenters. The van der Waals surface area contributed by atoms with Gasteiger partial charge in [-0.3, -0.25) is 0 Å². The van der Waals surface area contributed by atoms with E-state index in [2.05, 4.69) is 42.3 Å². The number of aryl methyl sites for hydroxylation is 1. The molecule has 2 heterocycles. The van der Waals surface area contributed by atoms with E-state index >= 15 is 0 Å². The number of ether oxygens (including phenoxy) is 1. The van der Waals surface area contributed by atoms with Crippen molar-refractivity contribution in [1.29, 1.82) is 0 Å². The molecule has 25 heavy (non-hydrogen) atoms. The first kappa shape index (κ1) is 17.2. The summed E-state index contributed by atoms with van der Waals surface area (Å²) in [6.07, 6.45) is 8.89. The lowest BCUT2D eigenvalue weighted by molar-refractivity contribution is 0.00217. The highest BCUT2D eigenvalue weighted by atomic mass is 32.2. The predicted octanol–water partition coefficient (Wildman–Crippen LogP) is 5.05. The SMILES string of the molecule is CO[C@@H]1CCC[C@]12CCCN(c1cc(C)c3cc(SC)ccc3n1)C2. The molecule has 0 unspecified atom stereocenters. The second kappa shape index (κ2) is 6.81. The first-order valence-corrected chi connectivity index (χ1v) is 10.6. The number of fused-ring (bicyclic) bond motifs is 1. The van der Waals surface area contributed by atoms with Crippen molar-refractivity contribution >= 4 is 28.5 Å². The third kappa shape index (κ3) is 3.04. The van der Waals surface area contributed by atoms with Crippen LogP contribution in [0.25, 0.3) is 10.9 Å². The smallest absolute Gasteiger partial charge is 0.129 e. The molecule has 2 fully saturated rings. The molecule has 1 spiro atoms. The van der Waals surface area contributed by atoms with Crippen molar-refractivity contribution in [3.8, 4) is 0 Å². The molecule has 1 saturated carbocycles. The monoisotopic (exact) mass is 356 g/mol. The van der Waals surface area contributed by atoms with Gasteiger partial charge in [-0.05, 0) is 68.7 Å². The fourth-order valence-corrected chi connectivity index (χ4v) is 5.38. The van der Waals surface area contributed by atoms with Crippen LogP contribution in [0.2, 0.25) is 0 Å². The van der Waals surface area contributed by atoms with Gasteiger partial charge in [-0.25, -0.2) is 4.98 Å². The minimum absolute atomic E-state index is 0.334. The predicted molar refractivity (Wildman–Crippen MR) is 107 cm³/mol. The lowest BCUT2D eigenvalue weighted by Gasteiger charge is -2.44. The number of anilines is 1. The highest BCUT2D eigenvalue weighted by Gasteiger charge is 2.46. The summed E-state index contributed by atoms with van der Waals surface area (Å²) < 4.78 is 5.86. The molecule has 1 saturated heterocycles. The summed E-state index contributed by atoms with van der Waals surface area (Å²) in [5, 5.41) is 1.28. The molecule has 1 aromatic heterocycles. The molecule has 1 aliphatic heterocycles. The standard InChI is InChI=1S/C21H28N2OS/c1-15-12-20(22-18-8-7-16(25-3)13-17(15)18)23-11-5-10-21(14-23)9-4-6-19(21)24-2/h7-8,12-13,19H,4-6,9-11,14H2,1-3H3/t19-,21-/m1/s1. The molecule has 0 radical (unpaired) electrons. The number of nitrogens with zero attached hydrogens (tertiary/aromatic N) is 2. The summed E-state index contributed by atoms with van der Waals surface area (Å²) in [4.78, 5) is 8.83. The number of thioether (sulfide) groups is 1. The highest BCUT2D eigenvalue weighted by Crippen LogP contribution is 2.47. The van der Waals surface area contributed by atoms with E-state index in [9.17, 15) is 0 Å². The van der Waals surface area contributed by atoms with E-state index in [1.54, 1.807) is 11.8 Å². The van der Waals surface area contributed by atoms with Gasteiger partial charge in [0.2, 0.25) is 0 Å². The number of hydrogen-bond acceptors (Lipinski definition) is 4. The summed E-state index contributed by atoms with van der Waals surface area (Å²) in [5.74, 6) is 1.14. The van der Waals surface area contributed by atoms with Crippen LogP contribution in [0, 0.1) is 12.3 Å². The Morgan fingerprint density at radius 2 is 2.08 bits per heavy atom. The fourth-order valence-electron chi connectivity index (χ4n) is 4.94. The van der Waals surface area contributed by atoms with Gasteiger partial charge in [0.05, 0.1) is 11.6 Å². The first-order valence-electron chi connectivity index (χ1n) is 9.38. The van der Waals surface area contributed by atoms with Gasteiger partial charge in [0.1, 0.15) is 5.82 Å². The van der Waals surface area contributed by atoms with E-state index < -0.39 is 0 Å². The van der Waals surface area contributed by atoms with Gasteiger partial charge < -0.3 is 9.64 Å². The zero-order valence-electron chi connectivity index (χ0n) is 15.5. The Labute approximate surface area is 155 Å². The Hall–Kier alpha value is -1.26. The number of pyridine rings is 1. The van der Waals surface area contributed by atoms with Gasteiger partial charge >= 0.3 is 0 Å². The van der Waals surface area contributed by atoms with Crippen LogP contribution in [0.3, 0.4) is 0 Å². The second-order valence-electron chi connectivity index (χ2n) is 7.68. The Bertz CT molecular complexity index is 778. The molecule has 0 bridgehead atoms. The third-order valence-corrected chi connectivity index (χ3v) is 6.98. The lowest BCUT2D eigenvalue weighted by atomic mass is 9.76. The lowest BCUT2D eigenvalue weighted by Crippen LogP contribution is -2.48. The summed E-state index contributed by atoms with van der Waals surface area (Å²) in [6.45, 7) is 4.41. The van der Waals surface area contributed by atoms with Crippen LogP contribution in [0.1, 0.15) is 37.7 Å². The molecule has 1 aliphatic carbocycles. The molecule has 4 heteroatoms. The Morgan fingerprint density at radius 3 is 2.88 bits per heavy atom. The maximum atomic E-state index is 5.86. The molecule has 134 valence electrons. The molecule has 0 amide bonds. The van der Waals surface area contributed by atoms with Gasteiger partial charge in [-0.2, -0.15) is 0 Å². The number of aromatic nitrogens is 1. The maximum absolute atomic E-state index is 5.86. The maximum Gasteiger partial charge on any atom is 0.129 e. The third-order valence-electron chi connectivity index (χ3n) is 6.25. The summed E-state index contributed by atoms with van der Waals surface area (Å²) in [5.41, 5.74) is 2.77. The Kier molecular flexibility index (Phi) is 4.67. The Morgan fingerprint density at radius 1 is 1.24 bits per heavy atom. The number of rotatable bonds is 3. The minimum Gasteiger partial charge on any atom is -0.381 e. The molecule has 3 nitrogen and oxygen atoms in total. The van der Waals surface area contributed by atoms with Gasteiger partial charge in [0, 0.05) is 35.9 Å². The molecule has 0 N–H and O–H groups in total. The van der Waals surface area contributed by atoms with Gasteiger partial charge in [0.15, 0.2) is 0 Å². The topological polar surface area (TPSA) is 25.4 Å². The van der Waals surface area contributed by atoms with Crippen molar-refractivity contribution in [2.45, 2.75) is 50.0 Å². The van der Waals surface area contributed by atoms with Crippen LogP contribution in [-0.2, 0) is 4.74 Å². The van der Waals surface area contributed by atoms with Crippen molar-refractivity contribution in [2.24, 2.45) is 5.41 Å². The van der Waals surface area contributed by atoms with Crippen molar-refractivity contribution < 1.29 is 4.74 Å². The van der Waals surface area contributed by atoms with Crippen LogP contribution >= 0.6 is 11.8 Å². The highest BCUT2D eigenvalue weighted by molar-refractivity contribution is 7.98. The largest absolute Gasteiger partial charge is 0.381 e. The molecule has 2 aromatic rings. The number of benzene rings is 1. The quantitative estimate of drug-likeness (QED) is 0.719. The van der Waals surface area contributed by atoms with Crippen LogP contribution in [0.5, 0.6) is 0 Å². The normalized spacial score (nSPS) is 26.7. The van der Waals surface area contributed by atoms with E-state index in [4.69, 9.17) is 9.72 Å². The van der Waals surface area contributed by atoms with Crippen LogP contribution < -0.4 is 4.90 Å². The summed E-state index contributed by atoms with van der Waals surface area (Å²) >= 11 is 1.79. The second-order valence-corrected chi connectivity index (χ2v) is 8.56. The van der Waals surface area contributed by atoms with Crippen molar-refractivity contribution in [3.63, 3.8) is 0 Å². The first-order chi connectivity index (χ1) is 12.1. The van der Waals surface area contributed by atoms with Crippen LogP contribution in [0.15, 0.2) is 29.2 Å². The van der Waals surface area contributed by atoms with Crippen molar-refractivity contribution in [3.05, 3.63) is 29.8 Å².